The Balaban J connectivity index is 2.22. The predicted molar refractivity (Wildman–Crippen MR) is 81.4 cm³/mol. The van der Waals surface area contributed by atoms with Crippen LogP contribution in [0, 0.1) is 0 Å². The molecule has 1 unspecified atom stereocenters. The van der Waals surface area contributed by atoms with E-state index in [1.54, 1.807) is 6.92 Å². The topological polar surface area (TPSA) is 71.7 Å². The van der Waals surface area contributed by atoms with Gasteiger partial charge in [0.15, 0.2) is 5.82 Å². The van der Waals surface area contributed by atoms with Crippen molar-refractivity contribution in [1.82, 2.24) is 9.27 Å². The van der Waals surface area contributed by atoms with Crippen LogP contribution in [0.5, 0.6) is 0 Å². The number of esters is 1. The van der Waals surface area contributed by atoms with Gasteiger partial charge in [0.2, 0.25) is 0 Å². The number of aromatic nitrogens is 1. The molecule has 1 aromatic rings. The summed E-state index contributed by atoms with van der Waals surface area (Å²) in [6, 6.07) is 0.488. The molecule has 2 rings (SSSR count). The van der Waals surface area contributed by atoms with Crippen molar-refractivity contribution in [3.05, 3.63) is 5.56 Å². The van der Waals surface area contributed by atoms with Gasteiger partial charge in [-0.2, -0.15) is 4.37 Å². The third kappa shape index (κ3) is 3.04. The number of hydrogen-bond donors (Lipinski definition) is 1. The highest BCUT2D eigenvalue weighted by atomic mass is 32.1. The molecule has 0 radical (unpaired) electrons. The molecule has 1 atom stereocenters. The molecular weight excluding hydrogens is 276 g/mol. The molecule has 2 N–H and O–H groups in total. The van der Waals surface area contributed by atoms with Crippen molar-refractivity contribution in [2.45, 2.75) is 25.8 Å². The van der Waals surface area contributed by atoms with E-state index in [1.165, 1.54) is 18.0 Å². The van der Waals surface area contributed by atoms with Gasteiger partial charge in [-0.3, -0.25) is 0 Å². The van der Waals surface area contributed by atoms with Gasteiger partial charge in [0.05, 0.1) is 6.61 Å². The molecule has 0 saturated carbocycles. The third-order valence-electron chi connectivity index (χ3n) is 3.59. The van der Waals surface area contributed by atoms with Gasteiger partial charge < -0.3 is 20.3 Å². The van der Waals surface area contributed by atoms with Crippen molar-refractivity contribution in [2.75, 3.05) is 44.4 Å². The van der Waals surface area contributed by atoms with Crippen molar-refractivity contribution in [1.29, 1.82) is 0 Å². The van der Waals surface area contributed by atoms with Crippen LogP contribution < -0.4 is 10.6 Å². The number of nitrogen functional groups attached to an aromatic ring is 1. The van der Waals surface area contributed by atoms with E-state index in [0.29, 0.717) is 18.2 Å². The molecule has 1 saturated heterocycles. The SMILES string of the molecule is CCOC(=O)c1c(N)nsc1N1CCCC(N(C)C)C1. The van der Waals surface area contributed by atoms with Gasteiger partial charge in [-0.25, -0.2) is 4.79 Å². The lowest BCUT2D eigenvalue weighted by atomic mass is 10.0. The van der Waals surface area contributed by atoms with Crippen molar-refractivity contribution >= 4 is 28.3 Å². The zero-order valence-electron chi connectivity index (χ0n) is 12.3. The lowest BCUT2D eigenvalue weighted by molar-refractivity contribution is 0.0528. The minimum Gasteiger partial charge on any atom is -0.462 e. The minimum absolute atomic E-state index is 0.274. The molecular formula is C13H22N4O2S. The zero-order valence-corrected chi connectivity index (χ0v) is 13.1. The van der Waals surface area contributed by atoms with Crippen LogP contribution in [0.15, 0.2) is 0 Å². The summed E-state index contributed by atoms with van der Waals surface area (Å²) in [6.45, 7) is 3.95. The Morgan fingerprint density at radius 3 is 3.00 bits per heavy atom. The Labute approximate surface area is 123 Å². The molecule has 6 nitrogen and oxygen atoms in total. The summed E-state index contributed by atoms with van der Waals surface area (Å²) in [5.41, 5.74) is 6.26. The van der Waals surface area contributed by atoms with Gasteiger partial charge in [-0.15, -0.1) is 0 Å². The number of ether oxygens (including phenoxy) is 1. The van der Waals surface area contributed by atoms with E-state index in [9.17, 15) is 4.79 Å². The number of hydrogen-bond acceptors (Lipinski definition) is 7. The van der Waals surface area contributed by atoms with Gasteiger partial charge in [-0.1, -0.05) is 0 Å². The number of anilines is 2. The molecule has 7 heteroatoms. The maximum atomic E-state index is 12.0. The maximum Gasteiger partial charge on any atom is 0.345 e. The standard InChI is InChI=1S/C13H22N4O2S/c1-4-19-13(18)10-11(14)15-20-12(10)17-7-5-6-9(8-17)16(2)3/h9H,4-8H2,1-3H3,(H2,14,15). The summed E-state index contributed by atoms with van der Waals surface area (Å²) in [6.07, 6.45) is 2.27. The van der Waals surface area contributed by atoms with Crippen LogP contribution in [0.2, 0.25) is 0 Å². The van der Waals surface area contributed by atoms with Gasteiger partial charge in [0, 0.05) is 19.1 Å². The van der Waals surface area contributed by atoms with Crippen LogP contribution in [0.3, 0.4) is 0 Å². The smallest absolute Gasteiger partial charge is 0.345 e. The second kappa shape index (κ2) is 6.41. The van der Waals surface area contributed by atoms with Crippen LogP contribution in [-0.4, -0.2) is 55.1 Å². The van der Waals surface area contributed by atoms with E-state index >= 15 is 0 Å². The highest BCUT2D eigenvalue weighted by Crippen LogP contribution is 2.33. The lowest BCUT2D eigenvalue weighted by Crippen LogP contribution is -2.45. The fourth-order valence-corrected chi connectivity index (χ4v) is 3.30. The molecule has 2 heterocycles. The highest BCUT2D eigenvalue weighted by Gasteiger charge is 2.28. The van der Waals surface area contributed by atoms with E-state index in [1.807, 2.05) is 0 Å². The zero-order chi connectivity index (χ0) is 14.7. The molecule has 0 amide bonds. The van der Waals surface area contributed by atoms with E-state index in [2.05, 4.69) is 28.3 Å². The third-order valence-corrected chi connectivity index (χ3v) is 4.52. The molecule has 0 aromatic carbocycles. The Morgan fingerprint density at radius 2 is 2.35 bits per heavy atom. The average molecular weight is 298 g/mol. The molecule has 1 aromatic heterocycles. The number of nitrogens with zero attached hydrogens (tertiary/aromatic N) is 3. The van der Waals surface area contributed by atoms with Crippen LogP contribution in [0.1, 0.15) is 30.1 Å². The fraction of sp³-hybridized carbons (Fsp3) is 0.692. The number of nitrogens with two attached hydrogens (primary N) is 1. The first-order valence-corrected chi connectivity index (χ1v) is 7.65. The van der Waals surface area contributed by atoms with Gasteiger partial charge >= 0.3 is 5.97 Å². The van der Waals surface area contributed by atoms with E-state index in [4.69, 9.17) is 10.5 Å². The molecule has 0 spiro atoms. The summed E-state index contributed by atoms with van der Waals surface area (Å²) in [5, 5.41) is 0.840. The quantitative estimate of drug-likeness (QED) is 0.848. The van der Waals surface area contributed by atoms with Gasteiger partial charge in [0.25, 0.3) is 0 Å². The van der Waals surface area contributed by atoms with Crippen LogP contribution in [0.25, 0.3) is 0 Å². The van der Waals surface area contributed by atoms with Gasteiger partial charge in [-0.05, 0) is 45.4 Å². The fourth-order valence-electron chi connectivity index (χ4n) is 2.46. The second-order valence-corrected chi connectivity index (χ2v) is 5.93. The minimum atomic E-state index is -0.374. The van der Waals surface area contributed by atoms with Crippen molar-refractivity contribution < 1.29 is 9.53 Å². The first-order chi connectivity index (χ1) is 9.54. The summed E-state index contributed by atoms with van der Waals surface area (Å²) >= 11 is 1.28. The average Bonchev–Trinajstić information content (AvgIpc) is 2.81. The molecule has 1 aliphatic rings. The summed E-state index contributed by atoms with van der Waals surface area (Å²) in [4.78, 5) is 16.5. The normalized spacial score (nSPS) is 19.4. The Hall–Kier alpha value is -1.34. The first kappa shape index (κ1) is 15.1. The predicted octanol–water partition coefficient (Wildman–Crippen LogP) is 1.43. The largest absolute Gasteiger partial charge is 0.462 e. The summed E-state index contributed by atoms with van der Waals surface area (Å²) in [5.74, 6) is -0.101. The number of rotatable bonds is 4. The molecule has 112 valence electrons. The Morgan fingerprint density at radius 1 is 1.60 bits per heavy atom. The number of likely N-dealkylation sites (N-methyl/N-ethyl adjacent to an activating group) is 1. The Bertz CT molecular complexity index is 475. The van der Waals surface area contributed by atoms with E-state index in [0.717, 1.165) is 24.5 Å². The molecule has 0 bridgehead atoms. The molecule has 0 aliphatic carbocycles. The van der Waals surface area contributed by atoms with Crippen molar-refractivity contribution in [3.8, 4) is 0 Å². The van der Waals surface area contributed by atoms with Crippen molar-refractivity contribution in [2.24, 2.45) is 0 Å². The summed E-state index contributed by atoms with van der Waals surface area (Å²) in [7, 11) is 4.17. The molecule has 20 heavy (non-hydrogen) atoms. The summed E-state index contributed by atoms with van der Waals surface area (Å²) < 4.78 is 9.21. The number of piperidine rings is 1. The Kier molecular flexibility index (Phi) is 4.82. The van der Waals surface area contributed by atoms with Crippen LogP contribution in [-0.2, 0) is 4.74 Å². The van der Waals surface area contributed by atoms with Crippen LogP contribution in [0.4, 0.5) is 10.8 Å². The van der Waals surface area contributed by atoms with Crippen LogP contribution >= 0.6 is 11.5 Å². The van der Waals surface area contributed by atoms with E-state index in [-0.39, 0.29) is 11.8 Å². The molecule has 1 aliphatic heterocycles. The molecule has 1 fully saturated rings. The van der Waals surface area contributed by atoms with Gasteiger partial charge in [0.1, 0.15) is 10.6 Å². The maximum absolute atomic E-state index is 12.0. The second-order valence-electron chi connectivity index (χ2n) is 5.17. The lowest BCUT2D eigenvalue weighted by Gasteiger charge is -2.36. The monoisotopic (exact) mass is 298 g/mol. The first-order valence-electron chi connectivity index (χ1n) is 6.88. The number of carbonyl (C=O) groups is 1. The van der Waals surface area contributed by atoms with Crippen molar-refractivity contribution in [3.63, 3.8) is 0 Å². The van der Waals surface area contributed by atoms with E-state index < -0.39 is 0 Å². The highest BCUT2D eigenvalue weighted by molar-refractivity contribution is 7.11. The number of carbonyl (C=O) groups excluding carboxylic acids is 1.